The van der Waals surface area contributed by atoms with Gasteiger partial charge in [0, 0.05) is 64.3 Å². The summed E-state index contributed by atoms with van der Waals surface area (Å²) >= 11 is 0. The van der Waals surface area contributed by atoms with Gasteiger partial charge in [-0.2, -0.15) is 0 Å². The molecule has 0 radical (unpaired) electrons. The maximum atomic E-state index is 13.2. The summed E-state index contributed by atoms with van der Waals surface area (Å²) in [5, 5.41) is 0. The number of pyridine rings is 1. The van der Waals surface area contributed by atoms with Crippen LogP contribution in [-0.4, -0.2) is 78.8 Å². The predicted molar refractivity (Wildman–Crippen MR) is 128 cm³/mol. The van der Waals surface area contributed by atoms with E-state index in [1.165, 1.54) is 11.3 Å². The topological polar surface area (TPSA) is 61.9 Å². The molecular formula is C25H35N7O. The van der Waals surface area contributed by atoms with Crippen molar-refractivity contribution in [2.75, 3.05) is 39.3 Å². The average molecular weight is 450 g/mol. The lowest BCUT2D eigenvalue weighted by atomic mass is 9.95. The first-order chi connectivity index (χ1) is 16.0. The number of hydrogen-bond acceptors (Lipinski definition) is 5. The normalized spacial score (nSPS) is 18.9. The quantitative estimate of drug-likeness (QED) is 0.598. The fraction of sp³-hybridized carbons (Fsp3) is 0.560. The Kier molecular flexibility index (Phi) is 6.21. The highest BCUT2D eigenvalue weighted by atomic mass is 16.2. The minimum atomic E-state index is 0.165. The molecule has 0 unspecified atom stereocenters. The van der Waals surface area contributed by atoms with Crippen LogP contribution >= 0.6 is 0 Å². The van der Waals surface area contributed by atoms with E-state index in [9.17, 15) is 4.79 Å². The summed E-state index contributed by atoms with van der Waals surface area (Å²) in [6.07, 6.45) is 7.86. The third-order valence-electron chi connectivity index (χ3n) is 7.36. The molecule has 5 rings (SSSR count). The molecule has 8 heteroatoms. The molecule has 0 bridgehead atoms. The van der Waals surface area contributed by atoms with Crippen molar-refractivity contribution in [2.24, 2.45) is 13.0 Å². The molecule has 0 spiro atoms. The van der Waals surface area contributed by atoms with Gasteiger partial charge < -0.3 is 13.9 Å². The lowest BCUT2D eigenvalue weighted by molar-refractivity contribution is -0.139. The van der Waals surface area contributed by atoms with E-state index < -0.39 is 0 Å². The second-order valence-corrected chi connectivity index (χ2v) is 9.68. The highest BCUT2D eigenvalue weighted by molar-refractivity contribution is 5.79. The third-order valence-corrected chi connectivity index (χ3v) is 7.36. The fourth-order valence-corrected chi connectivity index (χ4v) is 5.19. The standard InChI is InChI=1S/C25H35N7O/c1-19-4-10-32-22(20(2)27-23(32)16-19)17-30-12-14-31(15-13-30)25(33)21-5-8-29(9-6-21)18-24-26-7-11-28(24)3/h4,7,10-11,16,21H,5-6,8-9,12-15,17-18H2,1-3H3. The van der Waals surface area contributed by atoms with Crippen molar-refractivity contribution in [3.05, 3.63) is 53.5 Å². The number of piperazine rings is 1. The molecule has 2 fully saturated rings. The van der Waals surface area contributed by atoms with Crippen molar-refractivity contribution < 1.29 is 4.79 Å². The molecule has 176 valence electrons. The maximum Gasteiger partial charge on any atom is 0.225 e. The number of rotatable bonds is 5. The Labute approximate surface area is 195 Å². The molecule has 0 aromatic carbocycles. The summed E-state index contributed by atoms with van der Waals surface area (Å²) in [7, 11) is 2.04. The number of likely N-dealkylation sites (tertiary alicyclic amines) is 1. The van der Waals surface area contributed by atoms with E-state index in [-0.39, 0.29) is 5.92 Å². The zero-order valence-electron chi connectivity index (χ0n) is 20.1. The Balaban J connectivity index is 1.12. The summed E-state index contributed by atoms with van der Waals surface area (Å²) in [6, 6.07) is 4.27. The Bertz CT molecular complexity index is 1120. The van der Waals surface area contributed by atoms with Gasteiger partial charge >= 0.3 is 0 Å². The first-order valence-electron chi connectivity index (χ1n) is 12.1. The van der Waals surface area contributed by atoms with Gasteiger partial charge in [0.1, 0.15) is 11.5 Å². The Morgan fingerprint density at radius 1 is 1.00 bits per heavy atom. The second-order valence-electron chi connectivity index (χ2n) is 9.68. The molecule has 0 aliphatic carbocycles. The zero-order chi connectivity index (χ0) is 22.9. The predicted octanol–water partition coefficient (Wildman–Crippen LogP) is 2.24. The molecule has 2 aliphatic rings. The van der Waals surface area contributed by atoms with E-state index >= 15 is 0 Å². The smallest absolute Gasteiger partial charge is 0.225 e. The van der Waals surface area contributed by atoms with Gasteiger partial charge in [-0.1, -0.05) is 0 Å². The van der Waals surface area contributed by atoms with Crippen LogP contribution in [0.4, 0.5) is 0 Å². The minimum absolute atomic E-state index is 0.165. The summed E-state index contributed by atoms with van der Waals surface area (Å²) in [5.74, 6) is 1.61. The number of carbonyl (C=O) groups excluding carboxylic acids is 1. The van der Waals surface area contributed by atoms with Crippen molar-refractivity contribution in [1.82, 2.24) is 33.6 Å². The van der Waals surface area contributed by atoms with E-state index in [1.54, 1.807) is 0 Å². The Hall–Kier alpha value is -2.71. The van der Waals surface area contributed by atoms with E-state index in [2.05, 4.69) is 60.8 Å². The van der Waals surface area contributed by atoms with E-state index in [0.29, 0.717) is 5.91 Å². The number of imidazole rings is 2. The van der Waals surface area contributed by atoms with Crippen LogP contribution in [0.15, 0.2) is 30.7 Å². The number of hydrogen-bond donors (Lipinski definition) is 0. The number of aryl methyl sites for hydroxylation is 3. The molecule has 0 atom stereocenters. The molecule has 2 aliphatic heterocycles. The largest absolute Gasteiger partial charge is 0.340 e. The Morgan fingerprint density at radius 2 is 1.73 bits per heavy atom. The lowest BCUT2D eigenvalue weighted by Gasteiger charge is -2.38. The molecule has 0 N–H and O–H groups in total. The molecule has 1 amide bonds. The maximum absolute atomic E-state index is 13.2. The molecule has 33 heavy (non-hydrogen) atoms. The number of amides is 1. The number of piperidine rings is 1. The second kappa shape index (κ2) is 9.27. The number of aromatic nitrogens is 4. The third kappa shape index (κ3) is 4.68. The van der Waals surface area contributed by atoms with Crippen LogP contribution in [0.2, 0.25) is 0 Å². The highest BCUT2D eigenvalue weighted by Gasteiger charge is 2.31. The molecule has 8 nitrogen and oxygen atoms in total. The molecule has 0 saturated carbocycles. The van der Waals surface area contributed by atoms with Crippen LogP contribution in [0, 0.1) is 19.8 Å². The fourth-order valence-electron chi connectivity index (χ4n) is 5.19. The number of nitrogens with zero attached hydrogens (tertiary/aromatic N) is 7. The summed E-state index contributed by atoms with van der Waals surface area (Å²) in [4.78, 5) is 29.3. The van der Waals surface area contributed by atoms with Crippen molar-refractivity contribution in [2.45, 2.75) is 39.8 Å². The van der Waals surface area contributed by atoms with Gasteiger partial charge in [-0.15, -0.1) is 0 Å². The van der Waals surface area contributed by atoms with Gasteiger partial charge in [-0.3, -0.25) is 14.6 Å². The zero-order valence-corrected chi connectivity index (χ0v) is 20.1. The molecule has 5 heterocycles. The van der Waals surface area contributed by atoms with E-state index in [0.717, 1.165) is 82.4 Å². The number of carbonyl (C=O) groups is 1. The van der Waals surface area contributed by atoms with Gasteiger partial charge in [-0.25, -0.2) is 9.97 Å². The van der Waals surface area contributed by atoms with Gasteiger partial charge in [0.15, 0.2) is 0 Å². The first-order valence-corrected chi connectivity index (χ1v) is 12.1. The van der Waals surface area contributed by atoms with E-state index in [1.807, 2.05) is 19.4 Å². The molecule has 3 aromatic heterocycles. The van der Waals surface area contributed by atoms with Gasteiger partial charge in [0.05, 0.1) is 17.9 Å². The average Bonchev–Trinajstić information content (AvgIpc) is 3.36. The van der Waals surface area contributed by atoms with Gasteiger partial charge in [-0.05, 0) is 57.5 Å². The SMILES string of the molecule is Cc1ccn2c(CN3CCN(C(=O)C4CCN(Cc5nccn5C)CC4)CC3)c(C)nc2c1. The summed E-state index contributed by atoms with van der Waals surface area (Å²) in [6.45, 7) is 11.4. The minimum Gasteiger partial charge on any atom is -0.340 e. The van der Waals surface area contributed by atoms with Gasteiger partial charge in [0.25, 0.3) is 0 Å². The van der Waals surface area contributed by atoms with Crippen LogP contribution in [0.3, 0.4) is 0 Å². The monoisotopic (exact) mass is 449 g/mol. The summed E-state index contributed by atoms with van der Waals surface area (Å²) in [5.41, 5.74) is 4.60. The van der Waals surface area contributed by atoms with Crippen LogP contribution < -0.4 is 0 Å². The summed E-state index contributed by atoms with van der Waals surface area (Å²) < 4.78 is 4.28. The molecule has 3 aromatic rings. The van der Waals surface area contributed by atoms with Gasteiger partial charge in [0.2, 0.25) is 5.91 Å². The van der Waals surface area contributed by atoms with Crippen LogP contribution in [-0.2, 0) is 24.9 Å². The van der Waals surface area contributed by atoms with E-state index in [4.69, 9.17) is 4.98 Å². The highest BCUT2D eigenvalue weighted by Crippen LogP contribution is 2.22. The van der Waals surface area contributed by atoms with Crippen molar-refractivity contribution in [1.29, 1.82) is 0 Å². The van der Waals surface area contributed by atoms with Crippen molar-refractivity contribution in [3.8, 4) is 0 Å². The lowest BCUT2D eigenvalue weighted by Crippen LogP contribution is -2.51. The molecular weight excluding hydrogens is 414 g/mol. The number of fused-ring (bicyclic) bond motifs is 1. The van der Waals surface area contributed by atoms with Crippen LogP contribution in [0.1, 0.15) is 35.6 Å². The van der Waals surface area contributed by atoms with Crippen molar-refractivity contribution >= 4 is 11.6 Å². The van der Waals surface area contributed by atoms with Crippen LogP contribution in [0.5, 0.6) is 0 Å². The molecule has 2 saturated heterocycles. The Morgan fingerprint density at radius 3 is 2.42 bits per heavy atom. The van der Waals surface area contributed by atoms with Crippen LogP contribution in [0.25, 0.3) is 5.65 Å². The first kappa shape index (κ1) is 22.1. The van der Waals surface area contributed by atoms with Crippen molar-refractivity contribution in [3.63, 3.8) is 0 Å².